The fourth-order valence-corrected chi connectivity index (χ4v) is 2.30. The van der Waals surface area contributed by atoms with E-state index in [1.165, 1.54) is 31.3 Å². The molecule has 0 aliphatic carbocycles. The van der Waals surface area contributed by atoms with Crippen molar-refractivity contribution in [1.82, 2.24) is 4.98 Å². The van der Waals surface area contributed by atoms with Crippen LogP contribution in [0.25, 0.3) is 10.9 Å². The monoisotopic (exact) mass is 239 g/mol. The van der Waals surface area contributed by atoms with E-state index in [0.29, 0.717) is 5.56 Å². The summed E-state index contributed by atoms with van der Waals surface area (Å²) in [5.74, 6) is -0.0806. The van der Waals surface area contributed by atoms with Gasteiger partial charge in [0.1, 0.15) is 16.2 Å². The smallest absolute Gasteiger partial charge is 0.295 e. The lowest BCUT2D eigenvalue weighted by atomic mass is 10.1. The third-order valence-electron chi connectivity index (χ3n) is 2.30. The summed E-state index contributed by atoms with van der Waals surface area (Å²) in [6.07, 6.45) is 1.44. The van der Waals surface area contributed by atoms with Gasteiger partial charge in [-0.05, 0) is 30.7 Å². The number of aryl methyl sites for hydroxylation is 1. The van der Waals surface area contributed by atoms with Gasteiger partial charge < -0.3 is 5.11 Å². The highest BCUT2D eigenvalue weighted by Gasteiger charge is 2.18. The minimum atomic E-state index is -4.32. The fraction of sp³-hybridized carbons (Fsp3) is 0.100. The first-order chi connectivity index (χ1) is 7.41. The van der Waals surface area contributed by atoms with E-state index in [0.717, 1.165) is 0 Å². The second-order valence-corrected chi connectivity index (χ2v) is 4.80. The van der Waals surface area contributed by atoms with E-state index in [9.17, 15) is 13.5 Å². The average Bonchev–Trinajstić information content (AvgIpc) is 2.22. The van der Waals surface area contributed by atoms with Gasteiger partial charge in [-0.1, -0.05) is 0 Å². The van der Waals surface area contributed by atoms with E-state index < -0.39 is 10.1 Å². The Labute approximate surface area is 92.1 Å². The van der Waals surface area contributed by atoms with Crippen LogP contribution in [0, 0.1) is 6.92 Å². The Bertz CT molecular complexity index is 664. The number of aromatic hydroxyl groups is 1. The van der Waals surface area contributed by atoms with Crippen molar-refractivity contribution in [1.29, 1.82) is 0 Å². The summed E-state index contributed by atoms with van der Waals surface area (Å²) in [5.41, 5.74) is 0.508. The van der Waals surface area contributed by atoms with Crippen molar-refractivity contribution in [3.05, 3.63) is 30.0 Å². The first kappa shape index (κ1) is 10.8. The van der Waals surface area contributed by atoms with Gasteiger partial charge in [0.25, 0.3) is 10.1 Å². The van der Waals surface area contributed by atoms with Crippen molar-refractivity contribution in [3.63, 3.8) is 0 Å². The van der Waals surface area contributed by atoms with Crippen LogP contribution in [0.3, 0.4) is 0 Å². The number of hydrogen-bond acceptors (Lipinski definition) is 4. The predicted octanol–water partition coefficient (Wildman–Crippen LogP) is 1.50. The highest BCUT2D eigenvalue weighted by molar-refractivity contribution is 7.86. The summed E-state index contributed by atoms with van der Waals surface area (Å²) in [4.78, 5) is 3.65. The number of phenolic OH excluding ortho intramolecular Hbond substituents is 1. The average molecular weight is 239 g/mol. The van der Waals surface area contributed by atoms with E-state index in [-0.39, 0.29) is 21.5 Å². The molecule has 5 nitrogen and oxygen atoms in total. The van der Waals surface area contributed by atoms with E-state index in [1.54, 1.807) is 0 Å². The van der Waals surface area contributed by atoms with Crippen LogP contribution in [0.15, 0.2) is 29.3 Å². The lowest BCUT2D eigenvalue weighted by Gasteiger charge is -2.07. The molecule has 0 spiro atoms. The maximum Gasteiger partial charge on any atom is 0.295 e. The molecule has 0 fully saturated rings. The summed E-state index contributed by atoms with van der Waals surface area (Å²) in [6, 6.07) is 4.23. The molecule has 0 bridgehead atoms. The third-order valence-corrected chi connectivity index (χ3v) is 3.19. The van der Waals surface area contributed by atoms with Crippen LogP contribution < -0.4 is 0 Å². The van der Waals surface area contributed by atoms with Crippen LogP contribution in [0.1, 0.15) is 5.56 Å². The number of hydrogen-bond donors (Lipinski definition) is 2. The SMILES string of the molecule is Cc1cc(S(=O)(=O)O)c2cccnc2c1O. The maximum atomic E-state index is 11.2. The predicted molar refractivity (Wildman–Crippen MR) is 58.0 cm³/mol. The zero-order valence-corrected chi connectivity index (χ0v) is 9.19. The Hall–Kier alpha value is -1.66. The van der Waals surface area contributed by atoms with Crippen molar-refractivity contribution in [2.75, 3.05) is 0 Å². The number of rotatable bonds is 1. The Morgan fingerprint density at radius 1 is 1.38 bits per heavy atom. The molecule has 1 heterocycles. The van der Waals surface area contributed by atoms with Gasteiger partial charge in [0, 0.05) is 11.6 Å². The van der Waals surface area contributed by atoms with Crippen molar-refractivity contribution in [3.8, 4) is 5.75 Å². The molecule has 2 aromatic rings. The number of pyridine rings is 1. The van der Waals surface area contributed by atoms with Gasteiger partial charge in [-0.2, -0.15) is 8.42 Å². The molecule has 1 aromatic carbocycles. The van der Waals surface area contributed by atoms with Crippen LogP contribution >= 0.6 is 0 Å². The molecule has 16 heavy (non-hydrogen) atoms. The number of aromatic nitrogens is 1. The quantitative estimate of drug-likeness (QED) is 0.736. The highest BCUT2D eigenvalue weighted by atomic mass is 32.2. The molecular weight excluding hydrogens is 230 g/mol. The molecule has 6 heteroatoms. The van der Waals surface area contributed by atoms with Crippen LogP contribution in [0.2, 0.25) is 0 Å². The highest BCUT2D eigenvalue weighted by Crippen LogP contribution is 2.31. The lowest BCUT2D eigenvalue weighted by Crippen LogP contribution is -2.00. The lowest BCUT2D eigenvalue weighted by molar-refractivity contribution is 0.474. The molecule has 0 amide bonds. The Balaban J connectivity index is 3.02. The standard InChI is InChI=1S/C10H9NO4S/c1-6-5-8(16(13,14)15)7-3-2-4-11-9(7)10(6)12/h2-5,12H,1H3,(H,13,14,15). The molecule has 0 saturated heterocycles. The van der Waals surface area contributed by atoms with Crippen molar-refractivity contribution < 1.29 is 18.1 Å². The molecule has 84 valence electrons. The van der Waals surface area contributed by atoms with Gasteiger partial charge in [0.05, 0.1) is 0 Å². The molecule has 1 aromatic heterocycles. The van der Waals surface area contributed by atoms with E-state index in [1.807, 2.05) is 0 Å². The van der Waals surface area contributed by atoms with E-state index in [4.69, 9.17) is 4.55 Å². The molecule has 0 unspecified atom stereocenters. The number of fused-ring (bicyclic) bond motifs is 1. The fourth-order valence-electron chi connectivity index (χ4n) is 1.54. The van der Waals surface area contributed by atoms with Gasteiger partial charge in [-0.15, -0.1) is 0 Å². The second kappa shape index (κ2) is 3.43. The van der Waals surface area contributed by atoms with Crippen LogP contribution in [0.5, 0.6) is 5.75 Å². The molecule has 2 N–H and O–H groups in total. The molecule has 0 radical (unpaired) electrons. The Kier molecular flexibility index (Phi) is 2.32. The minimum Gasteiger partial charge on any atom is -0.505 e. The van der Waals surface area contributed by atoms with Crippen LogP contribution in [-0.2, 0) is 10.1 Å². The van der Waals surface area contributed by atoms with Gasteiger partial charge >= 0.3 is 0 Å². The van der Waals surface area contributed by atoms with Crippen molar-refractivity contribution in [2.24, 2.45) is 0 Å². The maximum absolute atomic E-state index is 11.2. The zero-order valence-electron chi connectivity index (χ0n) is 8.38. The summed E-state index contributed by atoms with van der Waals surface area (Å²) in [5, 5.41) is 9.91. The summed E-state index contributed by atoms with van der Waals surface area (Å²) >= 11 is 0. The molecule has 0 saturated carbocycles. The summed E-state index contributed by atoms with van der Waals surface area (Å²) < 4.78 is 31.4. The van der Waals surface area contributed by atoms with Crippen LogP contribution in [0.4, 0.5) is 0 Å². The number of phenols is 1. The Morgan fingerprint density at radius 3 is 2.69 bits per heavy atom. The first-order valence-corrected chi connectivity index (χ1v) is 5.90. The second-order valence-electron chi connectivity index (χ2n) is 3.41. The largest absolute Gasteiger partial charge is 0.505 e. The van der Waals surface area contributed by atoms with Gasteiger partial charge in [0.15, 0.2) is 0 Å². The Morgan fingerprint density at radius 2 is 2.06 bits per heavy atom. The molecule has 0 aliphatic rings. The molecular formula is C10H9NO4S. The van der Waals surface area contributed by atoms with Gasteiger partial charge in [-0.25, -0.2) is 0 Å². The van der Waals surface area contributed by atoms with Crippen molar-refractivity contribution >= 4 is 21.0 Å². The van der Waals surface area contributed by atoms with E-state index in [2.05, 4.69) is 4.98 Å². The summed E-state index contributed by atoms with van der Waals surface area (Å²) in [7, 11) is -4.32. The zero-order chi connectivity index (χ0) is 11.9. The molecule has 0 aliphatic heterocycles. The van der Waals surface area contributed by atoms with Gasteiger partial charge in [0.2, 0.25) is 0 Å². The summed E-state index contributed by atoms with van der Waals surface area (Å²) in [6.45, 7) is 1.54. The van der Waals surface area contributed by atoms with Crippen molar-refractivity contribution in [2.45, 2.75) is 11.8 Å². The van der Waals surface area contributed by atoms with E-state index >= 15 is 0 Å². The first-order valence-electron chi connectivity index (χ1n) is 4.46. The topological polar surface area (TPSA) is 87.5 Å². The normalized spacial score (nSPS) is 11.9. The van der Waals surface area contributed by atoms with Crippen LogP contribution in [-0.4, -0.2) is 23.1 Å². The number of nitrogens with zero attached hydrogens (tertiary/aromatic N) is 1. The minimum absolute atomic E-state index is 0.0806. The molecule has 2 rings (SSSR count). The van der Waals surface area contributed by atoms with Gasteiger partial charge in [-0.3, -0.25) is 9.54 Å². The molecule has 0 atom stereocenters. The third kappa shape index (κ3) is 1.62. The number of benzene rings is 1.